The van der Waals surface area contributed by atoms with E-state index < -0.39 is 21.9 Å². The number of carbonyl (C=O) groups excluding carboxylic acids is 2. The summed E-state index contributed by atoms with van der Waals surface area (Å²) in [6, 6.07) is 12.1. The number of hydrogen-bond acceptors (Lipinski definition) is 5. The van der Waals surface area contributed by atoms with Crippen molar-refractivity contribution < 1.29 is 22.7 Å². The van der Waals surface area contributed by atoms with Crippen molar-refractivity contribution in [3.63, 3.8) is 0 Å². The van der Waals surface area contributed by atoms with Crippen molar-refractivity contribution in [1.82, 2.24) is 4.31 Å². The predicted octanol–water partition coefficient (Wildman–Crippen LogP) is 2.76. The maximum absolute atomic E-state index is 12.5. The zero-order valence-electron chi connectivity index (χ0n) is 15.4. The quantitative estimate of drug-likeness (QED) is 0.734. The lowest BCUT2D eigenvalue weighted by atomic mass is 10.1. The molecular weight excluding hydrogens is 368 g/mol. The van der Waals surface area contributed by atoms with Crippen LogP contribution in [0.4, 0.5) is 5.69 Å². The number of ether oxygens (including phenoxy) is 1. The minimum absolute atomic E-state index is 0.123. The molecule has 8 heteroatoms. The summed E-state index contributed by atoms with van der Waals surface area (Å²) in [6.07, 6.45) is 0. The summed E-state index contributed by atoms with van der Waals surface area (Å²) in [5, 5.41) is 2.65. The van der Waals surface area contributed by atoms with Crippen molar-refractivity contribution in [3.05, 3.63) is 59.7 Å². The summed E-state index contributed by atoms with van der Waals surface area (Å²) in [5.74, 6) is -1.02. The predicted molar refractivity (Wildman–Crippen MR) is 102 cm³/mol. The smallest absolute Gasteiger partial charge is 0.339 e. The number of anilines is 1. The third kappa shape index (κ3) is 4.53. The highest BCUT2D eigenvalue weighted by Gasteiger charge is 2.22. The van der Waals surface area contributed by atoms with Gasteiger partial charge in [-0.1, -0.05) is 26.0 Å². The van der Waals surface area contributed by atoms with E-state index in [0.717, 1.165) is 0 Å². The standard InChI is InChI=1S/C19H22N2O5S/c1-4-21(5-2)27(24,25)15-12-10-14(11-13-15)18(22)20-17-9-7-6-8-16(17)19(23)26-3/h6-13H,4-5H2,1-3H3,(H,20,22). The Kier molecular flexibility index (Phi) is 6.70. The summed E-state index contributed by atoms with van der Waals surface area (Å²) in [7, 11) is -2.32. The molecule has 0 aliphatic rings. The van der Waals surface area contributed by atoms with Crippen molar-refractivity contribution in [2.45, 2.75) is 18.7 Å². The Morgan fingerprint density at radius 3 is 2.15 bits per heavy atom. The highest BCUT2D eigenvalue weighted by molar-refractivity contribution is 7.89. The molecule has 2 aromatic rings. The largest absolute Gasteiger partial charge is 0.465 e. The molecule has 7 nitrogen and oxygen atoms in total. The number of para-hydroxylation sites is 1. The first-order valence-corrected chi connectivity index (χ1v) is 9.88. The van der Waals surface area contributed by atoms with Crippen LogP contribution < -0.4 is 5.32 Å². The summed E-state index contributed by atoms with van der Waals surface area (Å²) in [6.45, 7) is 4.26. The van der Waals surface area contributed by atoms with Gasteiger partial charge in [0, 0.05) is 18.7 Å². The van der Waals surface area contributed by atoms with Gasteiger partial charge in [0.1, 0.15) is 0 Å². The maximum Gasteiger partial charge on any atom is 0.339 e. The fourth-order valence-electron chi connectivity index (χ4n) is 2.57. The summed E-state index contributed by atoms with van der Waals surface area (Å²) in [5.41, 5.74) is 0.816. The Hall–Kier alpha value is -2.71. The lowest BCUT2D eigenvalue weighted by Crippen LogP contribution is -2.30. The van der Waals surface area contributed by atoms with Crippen molar-refractivity contribution in [2.24, 2.45) is 0 Å². The summed E-state index contributed by atoms with van der Waals surface area (Å²) < 4.78 is 31.0. The Labute approximate surface area is 159 Å². The third-order valence-corrected chi connectivity index (χ3v) is 6.10. The molecule has 0 aromatic heterocycles. The highest BCUT2D eigenvalue weighted by Crippen LogP contribution is 2.19. The second-order valence-corrected chi connectivity index (χ2v) is 7.54. The van der Waals surface area contributed by atoms with E-state index >= 15 is 0 Å². The summed E-state index contributed by atoms with van der Waals surface area (Å²) >= 11 is 0. The zero-order chi connectivity index (χ0) is 20.0. The van der Waals surface area contributed by atoms with Crippen LogP contribution >= 0.6 is 0 Å². The molecule has 1 amide bonds. The molecule has 0 aliphatic carbocycles. The molecular formula is C19H22N2O5S. The van der Waals surface area contributed by atoms with Gasteiger partial charge in [-0.3, -0.25) is 4.79 Å². The average molecular weight is 390 g/mol. The normalized spacial score (nSPS) is 11.3. The number of sulfonamides is 1. The van der Waals surface area contributed by atoms with Crippen LogP contribution in [-0.2, 0) is 14.8 Å². The van der Waals surface area contributed by atoms with E-state index in [1.807, 2.05) is 0 Å². The molecule has 2 rings (SSSR count). The molecule has 27 heavy (non-hydrogen) atoms. The van der Waals surface area contributed by atoms with E-state index in [4.69, 9.17) is 4.74 Å². The van der Waals surface area contributed by atoms with Gasteiger partial charge in [0.2, 0.25) is 10.0 Å². The second kappa shape index (κ2) is 8.79. The molecule has 0 fully saturated rings. The zero-order valence-corrected chi connectivity index (χ0v) is 16.2. The van der Waals surface area contributed by atoms with Crippen LogP contribution in [0.15, 0.2) is 53.4 Å². The van der Waals surface area contributed by atoms with Gasteiger partial charge in [0.15, 0.2) is 0 Å². The maximum atomic E-state index is 12.5. The van der Waals surface area contributed by atoms with E-state index in [1.54, 1.807) is 38.1 Å². The molecule has 0 saturated heterocycles. The van der Waals surface area contributed by atoms with Gasteiger partial charge in [0.05, 0.1) is 23.3 Å². The molecule has 0 atom stereocenters. The number of methoxy groups -OCH3 is 1. The lowest BCUT2D eigenvalue weighted by Gasteiger charge is -2.18. The van der Waals surface area contributed by atoms with E-state index in [0.29, 0.717) is 18.8 Å². The van der Waals surface area contributed by atoms with Crippen LogP contribution in [0.25, 0.3) is 0 Å². The molecule has 0 spiro atoms. The fraction of sp³-hybridized carbons (Fsp3) is 0.263. The molecule has 2 aromatic carbocycles. The van der Waals surface area contributed by atoms with Crippen molar-refractivity contribution in [1.29, 1.82) is 0 Å². The minimum Gasteiger partial charge on any atom is -0.465 e. The highest BCUT2D eigenvalue weighted by atomic mass is 32.2. The van der Waals surface area contributed by atoms with Crippen LogP contribution in [0.3, 0.4) is 0 Å². The number of rotatable bonds is 7. The Morgan fingerprint density at radius 1 is 1.00 bits per heavy atom. The lowest BCUT2D eigenvalue weighted by molar-refractivity contribution is 0.0602. The molecule has 144 valence electrons. The van der Waals surface area contributed by atoms with Crippen LogP contribution in [0.2, 0.25) is 0 Å². The molecule has 0 radical (unpaired) electrons. The van der Waals surface area contributed by atoms with Gasteiger partial charge in [0.25, 0.3) is 5.91 Å². The van der Waals surface area contributed by atoms with Crippen molar-refractivity contribution in [2.75, 3.05) is 25.5 Å². The van der Waals surface area contributed by atoms with Crippen molar-refractivity contribution in [3.8, 4) is 0 Å². The van der Waals surface area contributed by atoms with Gasteiger partial charge in [-0.15, -0.1) is 0 Å². The number of hydrogen-bond donors (Lipinski definition) is 1. The van der Waals surface area contributed by atoms with E-state index in [2.05, 4.69) is 5.32 Å². The molecule has 0 bridgehead atoms. The van der Waals surface area contributed by atoms with E-state index in [9.17, 15) is 18.0 Å². The monoisotopic (exact) mass is 390 g/mol. The van der Waals surface area contributed by atoms with Gasteiger partial charge in [-0.2, -0.15) is 4.31 Å². The Balaban J connectivity index is 2.24. The first-order chi connectivity index (χ1) is 12.8. The molecule has 0 saturated carbocycles. The average Bonchev–Trinajstić information content (AvgIpc) is 2.68. The first-order valence-electron chi connectivity index (χ1n) is 8.44. The Bertz CT molecular complexity index is 919. The molecule has 0 unspecified atom stereocenters. The fourth-order valence-corrected chi connectivity index (χ4v) is 4.02. The third-order valence-electron chi connectivity index (χ3n) is 4.04. The number of carbonyl (C=O) groups is 2. The van der Waals surface area contributed by atoms with Gasteiger partial charge in [-0.25, -0.2) is 13.2 Å². The number of benzene rings is 2. The number of amides is 1. The van der Waals surface area contributed by atoms with E-state index in [1.165, 1.54) is 35.7 Å². The van der Waals surface area contributed by atoms with Crippen LogP contribution in [0.1, 0.15) is 34.6 Å². The SMILES string of the molecule is CCN(CC)S(=O)(=O)c1ccc(C(=O)Nc2ccccc2C(=O)OC)cc1. The van der Waals surface area contributed by atoms with Crippen LogP contribution in [-0.4, -0.2) is 44.8 Å². The minimum atomic E-state index is -3.58. The second-order valence-electron chi connectivity index (χ2n) is 5.60. The molecule has 1 N–H and O–H groups in total. The Morgan fingerprint density at radius 2 is 1.59 bits per heavy atom. The topological polar surface area (TPSA) is 92.8 Å². The number of esters is 1. The van der Waals surface area contributed by atoms with Crippen molar-refractivity contribution >= 4 is 27.6 Å². The number of nitrogens with one attached hydrogen (secondary N) is 1. The van der Waals surface area contributed by atoms with Gasteiger partial charge < -0.3 is 10.1 Å². The van der Waals surface area contributed by atoms with Gasteiger partial charge >= 0.3 is 5.97 Å². The van der Waals surface area contributed by atoms with Crippen LogP contribution in [0, 0.1) is 0 Å². The first kappa shape index (κ1) is 20.6. The molecule has 0 heterocycles. The number of nitrogens with zero attached hydrogens (tertiary/aromatic N) is 1. The molecule has 0 aliphatic heterocycles. The van der Waals surface area contributed by atoms with E-state index in [-0.39, 0.29) is 16.0 Å². The summed E-state index contributed by atoms with van der Waals surface area (Å²) in [4.78, 5) is 24.4. The van der Waals surface area contributed by atoms with Gasteiger partial charge in [-0.05, 0) is 36.4 Å². The van der Waals surface area contributed by atoms with Crippen LogP contribution in [0.5, 0.6) is 0 Å².